The topological polar surface area (TPSA) is 96.5 Å². The highest BCUT2D eigenvalue weighted by Gasteiger charge is 2.20. The molecule has 160 valence electrons. The van der Waals surface area contributed by atoms with Gasteiger partial charge in [0.2, 0.25) is 5.91 Å². The van der Waals surface area contributed by atoms with Crippen LogP contribution in [0.1, 0.15) is 43.6 Å². The van der Waals surface area contributed by atoms with Crippen LogP contribution in [0.3, 0.4) is 0 Å². The molecule has 0 fully saturated rings. The summed E-state index contributed by atoms with van der Waals surface area (Å²) in [5.74, 6) is -1.31. The Labute approximate surface area is 175 Å². The lowest BCUT2D eigenvalue weighted by Crippen LogP contribution is -2.46. The lowest BCUT2D eigenvalue weighted by molar-refractivity contribution is -0.122. The normalized spacial score (nSPS) is 11.9. The second kappa shape index (κ2) is 9.87. The van der Waals surface area contributed by atoms with E-state index in [1.165, 1.54) is 18.2 Å². The van der Waals surface area contributed by atoms with E-state index in [1.54, 1.807) is 52.0 Å². The number of amides is 3. The van der Waals surface area contributed by atoms with Crippen molar-refractivity contribution in [2.45, 2.75) is 45.9 Å². The van der Waals surface area contributed by atoms with E-state index in [-0.39, 0.29) is 18.0 Å². The Balaban J connectivity index is 1.89. The molecule has 2 aromatic rings. The first-order valence-electron chi connectivity index (χ1n) is 9.46. The molecule has 8 heteroatoms. The first-order valence-corrected chi connectivity index (χ1v) is 9.46. The monoisotopic (exact) mass is 415 g/mol. The van der Waals surface area contributed by atoms with Gasteiger partial charge in [0.1, 0.15) is 17.5 Å². The minimum Gasteiger partial charge on any atom is -0.444 e. The van der Waals surface area contributed by atoms with Crippen LogP contribution < -0.4 is 16.0 Å². The highest BCUT2D eigenvalue weighted by molar-refractivity contribution is 6.04. The molecule has 0 saturated heterocycles. The summed E-state index contributed by atoms with van der Waals surface area (Å²) in [4.78, 5) is 36.2. The minimum absolute atomic E-state index is 0.197. The summed E-state index contributed by atoms with van der Waals surface area (Å²) >= 11 is 0. The number of carbonyl (C=O) groups is 3. The van der Waals surface area contributed by atoms with Gasteiger partial charge in [-0.3, -0.25) is 9.59 Å². The van der Waals surface area contributed by atoms with Gasteiger partial charge in [0.25, 0.3) is 5.91 Å². The fraction of sp³-hybridized carbons (Fsp3) is 0.318. The zero-order valence-corrected chi connectivity index (χ0v) is 17.4. The number of benzene rings is 2. The Bertz CT molecular complexity index is 925. The lowest BCUT2D eigenvalue weighted by atomic mass is 10.1. The maximum Gasteiger partial charge on any atom is 0.408 e. The van der Waals surface area contributed by atoms with Crippen molar-refractivity contribution < 1.29 is 23.5 Å². The maximum atomic E-state index is 13.3. The summed E-state index contributed by atoms with van der Waals surface area (Å²) in [5.41, 5.74) is 0.799. The van der Waals surface area contributed by atoms with Crippen LogP contribution in [0.5, 0.6) is 0 Å². The average Bonchev–Trinajstić information content (AvgIpc) is 2.64. The molecule has 30 heavy (non-hydrogen) atoms. The Kier molecular flexibility index (Phi) is 7.52. The maximum absolute atomic E-state index is 13.3. The first-order chi connectivity index (χ1) is 14.0. The number of hydrogen-bond acceptors (Lipinski definition) is 4. The molecule has 1 atom stereocenters. The Morgan fingerprint density at radius 3 is 2.43 bits per heavy atom. The molecule has 0 aliphatic carbocycles. The number of carbonyl (C=O) groups excluding carboxylic acids is 3. The van der Waals surface area contributed by atoms with Gasteiger partial charge in [-0.2, -0.15) is 0 Å². The van der Waals surface area contributed by atoms with Gasteiger partial charge in [-0.1, -0.05) is 18.2 Å². The second-order valence-electron chi connectivity index (χ2n) is 7.75. The van der Waals surface area contributed by atoms with Crippen LogP contribution in [-0.2, 0) is 16.1 Å². The molecule has 0 aliphatic rings. The number of nitrogens with one attached hydrogen (secondary N) is 3. The third kappa shape index (κ3) is 7.54. The summed E-state index contributed by atoms with van der Waals surface area (Å²) in [6.07, 6.45) is -0.674. The van der Waals surface area contributed by atoms with Crippen molar-refractivity contribution in [1.82, 2.24) is 10.6 Å². The number of hydrogen-bond donors (Lipinski definition) is 3. The smallest absolute Gasteiger partial charge is 0.408 e. The summed E-state index contributed by atoms with van der Waals surface area (Å²) in [5, 5.41) is 7.88. The van der Waals surface area contributed by atoms with Crippen LogP contribution in [-0.4, -0.2) is 29.6 Å². The van der Waals surface area contributed by atoms with Gasteiger partial charge in [-0.15, -0.1) is 0 Å². The average molecular weight is 415 g/mol. The van der Waals surface area contributed by atoms with E-state index in [9.17, 15) is 18.8 Å². The largest absolute Gasteiger partial charge is 0.444 e. The van der Waals surface area contributed by atoms with Crippen molar-refractivity contribution in [3.05, 3.63) is 65.5 Å². The van der Waals surface area contributed by atoms with E-state index in [1.807, 2.05) is 0 Å². The molecular weight excluding hydrogens is 389 g/mol. The minimum atomic E-state index is -0.782. The first kappa shape index (κ1) is 22.9. The van der Waals surface area contributed by atoms with E-state index >= 15 is 0 Å². The molecule has 0 heterocycles. The molecule has 3 amide bonds. The third-order valence-electron chi connectivity index (χ3n) is 3.86. The highest BCUT2D eigenvalue weighted by atomic mass is 19.1. The summed E-state index contributed by atoms with van der Waals surface area (Å²) in [7, 11) is 0. The molecule has 7 nitrogen and oxygen atoms in total. The Morgan fingerprint density at radius 2 is 1.77 bits per heavy atom. The summed E-state index contributed by atoms with van der Waals surface area (Å²) < 4.78 is 18.4. The molecule has 0 bridgehead atoms. The van der Waals surface area contributed by atoms with Crippen LogP contribution in [0.25, 0.3) is 0 Å². The summed E-state index contributed by atoms with van der Waals surface area (Å²) in [6.45, 7) is 6.95. The number of ether oxygens (including phenoxy) is 1. The van der Waals surface area contributed by atoms with Crippen LogP contribution in [0, 0.1) is 5.82 Å². The van der Waals surface area contributed by atoms with E-state index in [2.05, 4.69) is 16.0 Å². The second-order valence-corrected chi connectivity index (χ2v) is 7.75. The van der Waals surface area contributed by atoms with Gasteiger partial charge in [-0.05, 0) is 63.6 Å². The predicted octanol–water partition coefficient (Wildman–Crippen LogP) is 3.61. The molecule has 0 aliphatic heterocycles. The molecule has 1 unspecified atom stereocenters. The van der Waals surface area contributed by atoms with Crippen molar-refractivity contribution in [3.8, 4) is 0 Å². The van der Waals surface area contributed by atoms with Crippen LogP contribution >= 0.6 is 0 Å². The zero-order valence-electron chi connectivity index (χ0n) is 17.4. The van der Waals surface area contributed by atoms with E-state index in [4.69, 9.17) is 4.74 Å². The fourth-order valence-electron chi connectivity index (χ4n) is 2.48. The molecule has 0 spiro atoms. The van der Waals surface area contributed by atoms with Crippen molar-refractivity contribution in [1.29, 1.82) is 0 Å². The Morgan fingerprint density at radius 1 is 1.07 bits per heavy atom. The van der Waals surface area contributed by atoms with Crippen molar-refractivity contribution >= 4 is 23.6 Å². The van der Waals surface area contributed by atoms with Crippen molar-refractivity contribution in [3.63, 3.8) is 0 Å². The number of anilines is 1. The number of halogens is 1. The van der Waals surface area contributed by atoms with Crippen molar-refractivity contribution in [2.24, 2.45) is 0 Å². The zero-order chi connectivity index (χ0) is 22.3. The summed E-state index contributed by atoms with van der Waals surface area (Å²) in [6, 6.07) is 11.5. The van der Waals surface area contributed by atoms with Crippen LogP contribution in [0.4, 0.5) is 14.9 Å². The molecule has 0 saturated carbocycles. The van der Waals surface area contributed by atoms with Crippen LogP contribution in [0.15, 0.2) is 48.5 Å². The van der Waals surface area contributed by atoms with Crippen LogP contribution in [0.2, 0.25) is 0 Å². The van der Waals surface area contributed by atoms with Gasteiger partial charge < -0.3 is 20.7 Å². The van der Waals surface area contributed by atoms with E-state index < -0.39 is 29.5 Å². The molecule has 3 N–H and O–H groups in total. The molecule has 0 radical (unpaired) electrons. The third-order valence-corrected chi connectivity index (χ3v) is 3.86. The highest BCUT2D eigenvalue weighted by Crippen LogP contribution is 2.13. The fourth-order valence-corrected chi connectivity index (χ4v) is 2.48. The van der Waals surface area contributed by atoms with E-state index in [0.717, 1.165) is 11.6 Å². The van der Waals surface area contributed by atoms with Gasteiger partial charge in [0.15, 0.2) is 0 Å². The SMILES string of the molecule is CC(NC(=O)OC(C)(C)C)C(=O)NCc1cccc(NC(=O)c2cccc(F)c2)c1. The lowest BCUT2D eigenvalue weighted by Gasteiger charge is -2.21. The van der Waals surface area contributed by atoms with E-state index in [0.29, 0.717) is 5.69 Å². The predicted molar refractivity (Wildman–Crippen MR) is 111 cm³/mol. The van der Waals surface area contributed by atoms with Gasteiger partial charge in [0, 0.05) is 17.8 Å². The molecule has 2 aromatic carbocycles. The Hall–Kier alpha value is -3.42. The van der Waals surface area contributed by atoms with Gasteiger partial charge >= 0.3 is 6.09 Å². The quantitative estimate of drug-likeness (QED) is 0.672. The molecule has 2 rings (SSSR count). The number of rotatable bonds is 6. The van der Waals surface area contributed by atoms with Crippen molar-refractivity contribution in [2.75, 3.05) is 5.32 Å². The van der Waals surface area contributed by atoms with Gasteiger partial charge in [0.05, 0.1) is 0 Å². The molecule has 0 aromatic heterocycles. The standard InChI is InChI=1S/C22H26FN3O4/c1-14(25-21(29)30-22(2,3)4)19(27)24-13-15-7-5-10-18(11-15)26-20(28)16-8-6-9-17(23)12-16/h5-12,14H,13H2,1-4H3,(H,24,27)(H,25,29)(H,26,28). The number of alkyl carbamates (subject to hydrolysis) is 1. The molecular formula is C22H26FN3O4. The van der Waals surface area contributed by atoms with Gasteiger partial charge in [-0.25, -0.2) is 9.18 Å².